The Bertz CT molecular complexity index is 828. The van der Waals surface area contributed by atoms with E-state index in [1.54, 1.807) is 23.1 Å². The van der Waals surface area contributed by atoms with Crippen molar-refractivity contribution in [3.63, 3.8) is 0 Å². The van der Waals surface area contributed by atoms with Crippen LogP contribution in [0.2, 0.25) is 5.02 Å². The van der Waals surface area contributed by atoms with Crippen LogP contribution in [0.15, 0.2) is 42.5 Å². The third-order valence-corrected chi connectivity index (χ3v) is 5.57. The highest BCUT2D eigenvalue weighted by atomic mass is 35.5. The van der Waals surface area contributed by atoms with Crippen LogP contribution in [0, 0.1) is 17.6 Å². The molecule has 7 heteroatoms. The van der Waals surface area contributed by atoms with Crippen LogP contribution < -0.4 is 5.32 Å². The van der Waals surface area contributed by atoms with Gasteiger partial charge in [0, 0.05) is 42.1 Å². The molecule has 0 bridgehead atoms. The number of hydrogen-bond acceptors (Lipinski definition) is 2. The molecule has 1 saturated heterocycles. The minimum absolute atomic E-state index is 0. The van der Waals surface area contributed by atoms with Gasteiger partial charge >= 0.3 is 0 Å². The highest BCUT2D eigenvalue weighted by Crippen LogP contribution is 2.52. The molecule has 1 heterocycles. The van der Waals surface area contributed by atoms with E-state index in [-0.39, 0.29) is 47.8 Å². The molecule has 144 valence electrons. The Hall–Kier alpha value is -1.69. The second-order valence-corrected chi connectivity index (χ2v) is 7.30. The quantitative estimate of drug-likeness (QED) is 0.813. The van der Waals surface area contributed by atoms with Crippen molar-refractivity contribution in [3.8, 4) is 0 Å². The van der Waals surface area contributed by atoms with Crippen molar-refractivity contribution in [2.75, 3.05) is 19.6 Å². The average molecular weight is 413 g/mol. The summed E-state index contributed by atoms with van der Waals surface area (Å²) >= 11 is 6.15. The molecular weight excluding hydrogens is 393 g/mol. The highest BCUT2D eigenvalue weighted by Gasteiger charge is 2.49. The van der Waals surface area contributed by atoms with Crippen molar-refractivity contribution in [1.82, 2.24) is 10.2 Å². The zero-order valence-corrected chi connectivity index (χ0v) is 16.1. The predicted octanol–water partition coefficient (Wildman–Crippen LogP) is 4.32. The molecule has 1 aliphatic heterocycles. The Morgan fingerprint density at radius 3 is 2.70 bits per heavy atom. The van der Waals surface area contributed by atoms with Crippen molar-refractivity contribution in [2.24, 2.45) is 5.92 Å². The summed E-state index contributed by atoms with van der Waals surface area (Å²) in [5, 5.41) is 3.63. The van der Waals surface area contributed by atoms with Gasteiger partial charge in [-0.15, -0.1) is 12.4 Å². The normalized spacial score (nSPS) is 24.3. The molecule has 2 aromatic rings. The Morgan fingerprint density at radius 2 is 1.96 bits per heavy atom. The van der Waals surface area contributed by atoms with E-state index < -0.39 is 0 Å². The van der Waals surface area contributed by atoms with Crippen molar-refractivity contribution in [2.45, 2.75) is 18.4 Å². The van der Waals surface area contributed by atoms with Crippen LogP contribution in [0.1, 0.15) is 29.5 Å². The lowest BCUT2D eigenvalue weighted by Crippen LogP contribution is -2.49. The zero-order valence-electron chi connectivity index (χ0n) is 14.5. The molecule has 1 saturated carbocycles. The summed E-state index contributed by atoms with van der Waals surface area (Å²) in [7, 11) is 0. The monoisotopic (exact) mass is 412 g/mol. The lowest BCUT2D eigenvalue weighted by molar-refractivity contribution is -0.136. The fraction of sp³-hybridized carbons (Fsp3) is 0.350. The third-order valence-electron chi connectivity index (χ3n) is 5.24. The molecule has 2 aromatic carbocycles. The van der Waals surface area contributed by atoms with E-state index in [9.17, 15) is 13.6 Å². The summed E-state index contributed by atoms with van der Waals surface area (Å²) in [6.07, 6.45) is 0.597. The summed E-state index contributed by atoms with van der Waals surface area (Å²) in [5.41, 5.74) is 1.21. The molecule has 1 N–H and O–H groups in total. The maximum atomic E-state index is 14.1. The van der Waals surface area contributed by atoms with E-state index >= 15 is 0 Å². The van der Waals surface area contributed by atoms with Crippen molar-refractivity contribution >= 4 is 29.9 Å². The number of carbonyl (C=O) groups excluding carboxylic acids is 1. The summed E-state index contributed by atoms with van der Waals surface area (Å²) in [5.74, 6) is -1.13. The van der Waals surface area contributed by atoms with E-state index in [0.717, 1.165) is 5.56 Å². The van der Waals surface area contributed by atoms with Crippen LogP contribution >= 0.6 is 24.0 Å². The summed E-state index contributed by atoms with van der Waals surface area (Å²) in [4.78, 5) is 14.9. The highest BCUT2D eigenvalue weighted by molar-refractivity contribution is 6.31. The topological polar surface area (TPSA) is 32.3 Å². The van der Waals surface area contributed by atoms with E-state index in [2.05, 4.69) is 5.32 Å². The minimum Gasteiger partial charge on any atom is -0.333 e. The fourth-order valence-electron chi connectivity index (χ4n) is 3.84. The lowest BCUT2D eigenvalue weighted by atomic mass is 10.0. The lowest BCUT2D eigenvalue weighted by Gasteiger charge is -2.37. The largest absolute Gasteiger partial charge is 0.333 e. The van der Waals surface area contributed by atoms with E-state index in [1.165, 1.54) is 18.2 Å². The molecule has 1 amide bonds. The number of amides is 1. The van der Waals surface area contributed by atoms with Crippen LogP contribution in [0.25, 0.3) is 0 Å². The Morgan fingerprint density at radius 1 is 1.19 bits per heavy atom. The van der Waals surface area contributed by atoms with Crippen LogP contribution in [0.5, 0.6) is 0 Å². The molecule has 2 fully saturated rings. The standard InChI is InChI=1S/C20H19ClF2N2O.ClH/c21-16-5-2-6-17(23)19(16)14-10-15(14)20(26)25-8-7-24-11-18(25)12-3-1-4-13(22)9-12;/h1-6,9,14-15,18,24H,7-8,10-11H2;1H. The zero-order chi connectivity index (χ0) is 18.3. The molecule has 4 rings (SSSR count). The number of carbonyl (C=O) groups is 1. The second-order valence-electron chi connectivity index (χ2n) is 6.89. The number of benzene rings is 2. The fourth-order valence-corrected chi connectivity index (χ4v) is 4.15. The molecule has 0 aromatic heterocycles. The van der Waals surface area contributed by atoms with Gasteiger partial charge in [0.25, 0.3) is 0 Å². The first-order valence-corrected chi connectivity index (χ1v) is 9.14. The Labute approximate surface area is 168 Å². The molecule has 3 atom stereocenters. The van der Waals surface area contributed by atoms with E-state index in [1.807, 2.05) is 6.07 Å². The van der Waals surface area contributed by atoms with E-state index in [4.69, 9.17) is 11.6 Å². The van der Waals surface area contributed by atoms with Crippen LogP contribution in [-0.2, 0) is 4.79 Å². The number of rotatable bonds is 3. The van der Waals surface area contributed by atoms with Crippen LogP contribution in [0.4, 0.5) is 8.78 Å². The van der Waals surface area contributed by atoms with Gasteiger partial charge < -0.3 is 10.2 Å². The van der Waals surface area contributed by atoms with Gasteiger partial charge in [-0.1, -0.05) is 29.8 Å². The van der Waals surface area contributed by atoms with Crippen molar-refractivity contribution < 1.29 is 13.6 Å². The first kappa shape index (κ1) is 20.1. The molecule has 3 unspecified atom stereocenters. The van der Waals surface area contributed by atoms with Gasteiger partial charge in [-0.2, -0.15) is 0 Å². The number of halogens is 4. The summed E-state index contributed by atoms with van der Waals surface area (Å²) in [6.45, 7) is 1.82. The molecule has 1 aliphatic carbocycles. The van der Waals surface area contributed by atoms with Gasteiger partial charge in [0.1, 0.15) is 11.6 Å². The molecule has 0 radical (unpaired) electrons. The van der Waals surface area contributed by atoms with Gasteiger partial charge in [-0.05, 0) is 36.2 Å². The summed E-state index contributed by atoms with van der Waals surface area (Å²) < 4.78 is 27.8. The SMILES string of the molecule is Cl.O=C(C1CC1c1c(F)cccc1Cl)N1CCNCC1c1cccc(F)c1. The second kappa shape index (κ2) is 8.13. The Balaban J connectivity index is 0.00000210. The number of piperazine rings is 1. The third kappa shape index (κ3) is 3.96. The first-order valence-electron chi connectivity index (χ1n) is 8.77. The first-order chi connectivity index (χ1) is 12.6. The number of nitrogens with zero attached hydrogens (tertiary/aromatic N) is 1. The summed E-state index contributed by atoms with van der Waals surface area (Å²) in [6, 6.07) is 10.7. The van der Waals surface area contributed by atoms with Gasteiger partial charge in [0.05, 0.1) is 6.04 Å². The van der Waals surface area contributed by atoms with E-state index in [0.29, 0.717) is 36.6 Å². The van der Waals surface area contributed by atoms with Crippen molar-refractivity contribution in [1.29, 1.82) is 0 Å². The maximum Gasteiger partial charge on any atom is 0.226 e. The maximum absolute atomic E-state index is 14.1. The van der Waals surface area contributed by atoms with Gasteiger partial charge in [0.15, 0.2) is 0 Å². The number of nitrogens with one attached hydrogen (secondary N) is 1. The van der Waals surface area contributed by atoms with Gasteiger partial charge in [0.2, 0.25) is 5.91 Å². The molecule has 27 heavy (non-hydrogen) atoms. The Kier molecular flexibility index (Phi) is 6.04. The average Bonchev–Trinajstić information content (AvgIpc) is 3.41. The molecule has 2 aliphatic rings. The number of hydrogen-bond donors (Lipinski definition) is 1. The molecular formula is C20H20Cl2F2N2O. The van der Waals surface area contributed by atoms with Gasteiger partial charge in [-0.25, -0.2) is 8.78 Å². The molecule has 3 nitrogen and oxygen atoms in total. The molecule has 0 spiro atoms. The van der Waals surface area contributed by atoms with Gasteiger partial charge in [-0.3, -0.25) is 4.79 Å². The predicted molar refractivity (Wildman–Crippen MR) is 103 cm³/mol. The van der Waals surface area contributed by atoms with Crippen LogP contribution in [0.3, 0.4) is 0 Å². The smallest absolute Gasteiger partial charge is 0.226 e. The van der Waals surface area contributed by atoms with Crippen molar-refractivity contribution in [3.05, 3.63) is 70.2 Å². The van der Waals surface area contributed by atoms with Crippen LogP contribution in [-0.4, -0.2) is 30.4 Å². The minimum atomic E-state index is -0.361.